The summed E-state index contributed by atoms with van der Waals surface area (Å²) in [6, 6.07) is 14.2. The predicted molar refractivity (Wildman–Crippen MR) is 88.9 cm³/mol. The molecule has 0 saturated heterocycles. The fourth-order valence-corrected chi connectivity index (χ4v) is 3.05. The number of amides is 1. The van der Waals surface area contributed by atoms with E-state index in [1.807, 2.05) is 24.3 Å². The van der Waals surface area contributed by atoms with Gasteiger partial charge in [0.1, 0.15) is 0 Å². The standard InChI is InChI=1S/C19H19NO4/c21-17(22)14-7-5-13(6-8-14)9-10-20-18(23)19(24)11-15-3-1-2-4-16(15)12-19/h1-8,24H,9-12H2,(H,20,23)(H,21,22). The number of hydrogen-bond donors (Lipinski definition) is 3. The van der Waals surface area contributed by atoms with Gasteiger partial charge in [-0.25, -0.2) is 4.79 Å². The molecule has 1 aliphatic rings. The number of aromatic carboxylic acids is 1. The van der Waals surface area contributed by atoms with Crippen molar-refractivity contribution in [1.29, 1.82) is 0 Å². The van der Waals surface area contributed by atoms with Crippen LogP contribution in [0.1, 0.15) is 27.0 Å². The van der Waals surface area contributed by atoms with Crippen molar-refractivity contribution in [3.63, 3.8) is 0 Å². The van der Waals surface area contributed by atoms with E-state index in [1.54, 1.807) is 24.3 Å². The molecule has 0 saturated carbocycles. The zero-order valence-corrected chi connectivity index (χ0v) is 13.2. The quantitative estimate of drug-likeness (QED) is 0.779. The molecule has 124 valence electrons. The van der Waals surface area contributed by atoms with Crippen LogP contribution in [0.15, 0.2) is 48.5 Å². The molecule has 0 atom stereocenters. The second-order valence-electron chi connectivity index (χ2n) is 6.16. The first-order chi connectivity index (χ1) is 11.5. The number of hydrogen-bond acceptors (Lipinski definition) is 3. The van der Waals surface area contributed by atoms with Gasteiger partial charge in [-0.1, -0.05) is 36.4 Å². The van der Waals surface area contributed by atoms with E-state index in [0.29, 0.717) is 25.8 Å². The summed E-state index contributed by atoms with van der Waals surface area (Å²) in [7, 11) is 0. The maximum atomic E-state index is 12.3. The molecule has 0 aromatic heterocycles. The van der Waals surface area contributed by atoms with E-state index in [4.69, 9.17) is 5.11 Å². The molecule has 2 aromatic rings. The molecule has 0 heterocycles. The summed E-state index contributed by atoms with van der Waals surface area (Å²) in [6.07, 6.45) is 1.25. The topological polar surface area (TPSA) is 86.6 Å². The highest BCUT2D eigenvalue weighted by atomic mass is 16.4. The average molecular weight is 325 g/mol. The molecule has 1 amide bonds. The highest BCUT2D eigenvalue weighted by molar-refractivity contribution is 5.87. The minimum atomic E-state index is -1.38. The van der Waals surface area contributed by atoms with Gasteiger partial charge in [-0.15, -0.1) is 0 Å². The van der Waals surface area contributed by atoms with Gasteiger partial charge in [0.05, 0.1) is 5.56 Å². The Labute approximate surface area is 139 Å². The second kappa shape index (κ2) is 6.45. The van der Waals surface area contributed by atoms with Gasteiger partial charge >= 0.3 is 5.97 Å². The Balaban J connectivity index is 1.54. The Morgan fingerprint density at radius 2 is 1.58 bits per heavy atom. The minimum Gasteiger partial charge on any atom is -0.478 e. The molecular weight excluding hydrogens is 306 g/mol. The van der Waals surface area contributed by atoms with Crippen molar-refractivity contribution in [2.24, 2.45) is 0 Å². The van der Waals surface area contributed by atoms with Gasteiger partial charge in [0.2, 0.25) is 0 Å². The normalized spacial score (nSPS) is 14.9. The molecule has 0 bridgehead atoms. The molecule has 0 unspecified atom stereocenters. The second-order valence-corrected chi connectivity index (χ2v) is 6.16. The van der Waals surface area contributed by atoms with E-state index in [1.165, 1.54) is 0 Å². The number of carboxylic acids is 1. The Morgan fingerprint density at radius 3 is 2.12 bits per heavy atom. The van der Waals surface area contributed by atoms with Crippen molar-refractivity contribution < 1.29 is 19.8 Å². The van der Waals surface area contributed by atoms with Gasteiger partial charge in [-0.05, 0) is 35.2 Å². The summed E-state index contributed by atoms with van der Waals surface area (Å²) in [5.41, 5.74) is 1.82. The Morgan fingerprint density at radius 1 is 1.00 bits per heavy atom. The number of carbonyl (C=O) groups excluding carboxylic acids is 1. The molecule has 24 heavy (non-hydrogen) atoms. The third kappa shape index (κ3) is 3.31. The monoisotopic (exact) mass is 325 g/mol. The summed E-state index contributed by atoms with van der Waals surface area (Å²) < 4.78 is 0. The van der Waals surface area contributed by atoms with Gasteiger partial charge < -0.3 is 15.5 Å². The SMILES string of the molecule is O=C(O)c1ccc(CCNC(=O)C2(O)Cc3ccccc3C2)cc1. The molecule has 0 aliphatic heterocycles. The molecule has 3 N–H and O–H groups in total. The molecule has 1 aliphatic carbocycles. The largest absolute Gasteiger partial charge is 0.478 e. The van der Waals surface area contributed by atoms with Crippen LogP contribution in [0.2, 0.25) is 0 Å². The molecule has 3 rings (SSSR count). The number of benzene rings is 2. The fraction of sp³-hybridized carbons (Fsp3) is 0.263. The van der Waals surface area contributed by atoms with Crippen molar-refractivity contribution in [2.45, 2.75) is 24.9 Å². The first kappa shape index (κ1) is 16.2. The van der Waals surface area contributed by atoms with E-state index in [0.717, 1.165) is 16.7 Å². The summed E-state index contributed by atoms with van der Waals surface area (Å²) in [4.78, 5) is 23.1. The zero-order chi connectivity index (χ0) is 17.2. The van der Waals surface area contributed by atoms with Crippen LogP contribution in [0.3, 0.4) is 0 Å². The Hall–Kier alpha value is -2.66. The lowest BCUT2D eigenvalue weighted by molar-refractivity contribution is -0.138. The van der Waals surface area contributed by atoms with Crippen molar-refractivity contribution in [3.05, 3.63) is 70.8 Å². The van der Waals surface area contributed by atoms with Crippen LogP contribution >= 0.6 is 0 Å². The number of nitrogens with one attached hydrogen (secondary N) is 1. The summed E-state index contributed by atoms with van der Waals surface area (Å²) in [5, 5.41) is 22.2. The van der Waals surface area contributed by atoms with Crippen LogP contribution in [0.5, 0.6) is 0 Å². The van der Waals surface area contributed by atoms with Gasteiger partial charge in [0.15, 0.2) is 5.60 Å². The van der Waals surface area contributed by atoms with Crippen molar-refractivity contribution >= 4 is 11.9 Å². The van der Waals surface area contributed by atoms with Crippen molar-refractivity contribution in [2.75, 3.05) is 6.54 Å². The summed E-state index contributed by atoms with van der Waals surface area (Å²) in [6.45, 7) is 0.393. The van der Waals surface area contributed by atoms with E-state index in [2.05, 4.69) is 5.32 Å². The van der Waals surface area contributed by atoms with E-state index in [-0.39, 0.29) is 11.5 Å². The lowest BCUT2D eigenvalue weighted by Crippen LogP contribution is -2.48. The molecule has 0 radical (unpaired) electrons. The van der Waals surface area contributed by atoms with Crippen LogP contribution in [0, 0.1) is 0 Å². The summed E-state index contributed by atoms with van der Waals surface area (Å²) >= 11 is 0. The van der Waals surface area contributed by atoms with E-state index < -0.39 is 11.6 Å². The van der Waals surface area contributed by atoms with Crippen molar-refractivity contribution in [3.8, 4) is 0 Å². The third-order valence-corrected chi connectivity index (χ3v) is 4.41. The van der Waals surface area contributed by atoms with Gasteiger partial charge in [-0.3, -0.25) is 4.79 Å². The minimum absolute atomic E-state index is 0.237. The fourth-order valence-electron chi connectivity index (χ4n) is 3.05. The molecule has 5 heteroatoms. The lowest BCUT2D eigenvalue weighted by atomic mass is 9.99. The number of carboxylic acid groups (broad SMARTS) is 1. The maximum absolute atomic E-state index is 12.3. The van der Waals surface area contributed by atoms with Crippen LogP contribution in [0.25, 0.3) is 0 Å². The molecule has 0 spiro atoms. The molecular formula is C19H19NO4. The van der Waals surface area contributed by atoms with Crippen molar-refractivity contribution in [1.82, 2.24) is 5.32 Å². The maximum Gasteiger partial charge on any atom is 0.335 e. The molecule has 0 fully saturated rings. The first-order valence-corrected chi connectivity index (χ1v) is 7.88. The zero-order valence-electron chi connectivity index (χ0n) is 13.2. The molecule has 2 aromatic carbocycles. The smallest absolute Gasteiger partial charge is 0.335 e. The highest BCUT2D eigenvalue weighted by Crippen LogP contribution is 2.30. The van der Waals surface area contributed by atoms with Crippen LogP contribution in [-0.2, 0) is 24.1 Å². The Bertz CT molecular complexity index is 742. The van der Waals surface area contributed by atoms with E-state index in [9.17, 15) is 14.7 Å². The number of rotatable bonds is 5. The average Bonchev–Trinajstić information content (AvgIpc) is 2.92. The number of carbonyl (C=O) groups is 2. The highest BCUT2D eigenvalue weighted by Gasteiger charge is 2.41. The Kier molecular flexibility index (Phi) is 4.36. The van der Waals surface area contributed by atoms with Gasteiger partial charge in [0.25, 0.3) is 5.91 Å². The van der Waals surface area contributed by atoms with E-state index >= 15 is 0 Å². The van der Waals surface area contributed by atoms with Crippen LogP contribution in [-0.4, -0.2) is 34.2 Å². The predicted octanol–water partition coefficient (Wildman–Crippen LogP) is 1.57. The number of fused-ring (bicyclic) bond motifs is 1. The molecule has 5 nitrogen and oxygen atoms in total. The van der Waals surface area contributed by atoms with Gasteiger partial charge in [-0.2, -0.15) is 0 Å². The summed E-state index contributed by atoms with van der Waals surface area (Å²) in [5.74, 6) is -1.32. The van der Waals surface area contributed by atoms with Crippen LogP contribution < -0.4 is 5.32 Å². The first-order valence-electron chi connectivity index (χ1n) is 7.88. The lowest BCUT2D eigenvalue weighted by Gasteiger charge is -2.21. The van der Waals surface area contributed by atoms with Gasteiger partial charge in [0, 0.05) is 19.4 Å². The van der Waals surface area contributed by atoms with Crippen LogP contribution in [0.4, 0.5) is 0 Å². The third-order valence-electron chi connectivity index (χ3n) is 4.41. The number of aliphatic hydroxyl groups is 1.